The standard InChI is InChI=1S/C22H28N2O5S/c1-27-20-12-16(6-7-19(20)29-14-18-4-3-10-28-18)13-24-21(25)5-2-9-23-22(26)17-8-11-30-15-17/h6-8,11-12,15,18H,2-5,9-10,13-14H2,1H3,(H,23,26)(H,24,25). The van der Waals surface area contributed by atoms with Crippen LogP contribution < -0.4 is 20.1 Å². The number of nitrogens with one attached hydrogen (secondary N) is 2. The summed E-state index contributed by atoms with van der Waals surface area (Å²) >= 11 is 1.48. The first-order valence-electron chi connectivity index (χ1n) is 10.1. The molecule has 8 heteroatoms. The van der Waals surface area contributed by atoms with Crippen molar-refractivity contribution in [2.24, 2.45) is 0 Å². The number of methoxy groups -OCH3 is 1. The van der Waals surface area contributed by atoms with Gasteiger partial charge in [0.05, 0.1) is 13.2 Å². The van der Waals surface area contributed by atoms with Crippen LogP contribution in [0, 0.1) is 0 Å². The lowest BCUT2D eigenvalue weighted by atomic mass is 10.2. The van der Waals surface area contributed by atoms with E-state index in [0.717, 1.165) is 25.0 Å². The summed E-state index contributed by atoms with van der Waals surface area (Å²) in [4.78, 5) is 23.9. The van der Waals surface area contributed by atoms with Gasteiger partial charge in [0.15, 0.2) is 11.5 Å². The minimum atomic E-state index is -0.106. The van der Waals surface area contributed by atoms with Crippen molar-refractivity contribution in [3.63, 3.8) is 0 Å². The minimum absolute atomic E-state index is 0.0579. The fourth-order valence-corrected chi connectivity index (χ4v) is 3.77. The molecule has 7 nitrogen and oxygen atoms in total. The summed E-state index contributed by atoms with van der Waals surface area (Å²) in [6.07, 6.45) is 3.17. The molecule has 0 spiro atoms. The molecule has 2 aromatic rings. The van der Waals surface area contributed by atoms with Crippen molar-refractivity contribution < 1.29 is 23.8 Å². The van der Waals surface area contributed by atoms with E-state index in [1.165, 1.54) is 11.3 Å². The van der Waals surface area contributed by atoms with Gasteiger partial charge in [-0.15, -0.1) is 0 Å². The molecule has 2 heterocycles. The van der Waals surface area contributed by atoms with E-state index in [4.69, 9.17) is 14.2 Å². The summed E-state index contributed by atoms with van der Waals surface area (Å²) in [6.45, 7) is 2.18. The third-order valence-electron chi connectivity index (χ3n) is 4.82. The highest BCUT2D eigenvalue weighted by Gasteiger charge is 2.17. The molecule has 2 amide bonds. The van der Waals surface area contributed by atoms with E-state index in [1.54, 1.807) is 18.6 Å². The Labute approximate surface area is 180 Å². The maximum atomic E-state index is 12.1. The van der Waals surface area contributed by atoms with E-state index in [0.29, 0.717) is 49.6 Å². The van der Waals surface area contributed by atoms with Crippen LogP contribution in [0.5, 0.6) is 11.5 Å². The lowest BCUT2D eigenvalue weighted by Gasteiger charge is -2.15. The second-order valence-corrected chi connectivity index (χ2v) is 7.86. The van der Waals surface area contributed by atoms with E-state index in [9.17, 15) is 9.59 Å². The molecule has 0 radical (unpaired) electrons. The number of carbonyl (C=O) groups excluding carboxylic acids is 2. The Hall–Kier alpha value is -2.58. The molecule has 1 aliphatic rings. The lowest BCUT2D eigenvalue weighted by Crippen LogP contribution is -2.27. The van der Waals surface area contributed by atoms with Gasteiger partial charge in [0.2, 0.25) is 5.91 Å². The molecule has 1 unspecified atom stereocenters. The van der Waals surface area contributed by atoms with Gasteiger partial charge in [-0.25, -0.2) is 0 Å². The van der Waals surface area contributed by atoms with Gasteiger partial charge in [-0.05, 0) is 48.4 Å². The highest BCUT2D eigenvalue weighted by atomic mass is 32.1. The summed E-state index contributed by atoms with van der Waals surface area (Å²) in [5.74, 6) is 1.14. The summed E-state index contributed by atoms with van der Waals surface area (Å²) in [5.41, 5.74) is 1.58. The Morgan fingerprint density at radius 1 is 1.23 bits per heavy atom. The third kappa shape index (κ3) is 6.74. The maximum absolute atomic E-state index is 12.1. The zero-order chi connectivity index (χ0) is 21.2. The molecule has 1 atom stereocenters. The van der Waals surface area contributed by atoms with Crippen LogP contribution in [-0.4, -0.2) is 44.8 Å². The Bertz CT molecular complexity index is 819. The Morgan fingerprint density at radius 3 is 2.87 bits per heavy atom. The first kappa shape index (κ1) is 22.1. The molecule has 30 heavy (non-hydrogen) atoms. The maximum Gasteiger partial charge on any atom is 0.252 e. The first-order chi connectivity index (χ1) is 14.7. The molecule has 0 saturated carbocycles. The fraction of sp³-hybridized carbons (Fsp3) is 0.455. The summed E-state index contributed by atoms with van der Waals surface area (Å²) in [5, 5.41) is 9.37. The minimum Gasteiger partial charge on any atom is -0.493 e. The van der Waals surface area contributed by atoms with E-state index in [1.807, 2.05) is 23.6 Å². The molecule has 0 bridgehead atoms. The smallest absolute Gasteiger partial charge is 0.252 e. The number of amides is 2. The highest BCUT2D eigenvalue weighted by Crippen LogP contribution is 2.29. The molecular formula is C22H28N2O5S. The molecule has 1 aromatic carbocycles. The monoisotopic (exact) mass is 432 g/mol. The van der Waals surface area contributed by atoms with E-state index in [2.05, 4.69) is 10.6 Å². The van der Waals surface area contributed by atoms with Crippen molar-refractivity contribution in [3.8, 4) is 11.5 Å². The molecule has 2 N–H and O–H groups in total. The highest BCUT2D eigenvalue weighted by molar-refractivity contribution is 7.08. The molecule has 162 valence electrons. The second-order valence-electron chi connectivity index (χ2n) is 7.08. The average molecular weight is 433 g/mol. The largest absolute Gasteiger partial charge is 0.493 e. The van der Waals surface area contributed by atoms with Crippen LogP contribution >= 0.6 is 11.3 Å². The van der Waals surface area contributed by atoms with Gasteiger partial charge in [-0.3, -0.25) is 9.59 Å². The van der Waals surface area contributed by atoms with Gasteiger partial charge in [-0.1, -0.05) is 6.07 Å². The van der Waals surface area contributed by atoms with Crippen LogP contribution in [-0.2, 0) is 16.1 Å². The normalized spacial score (nSPS) is 15.6. The van der Waals surface area contributed by atoms with Gasteiger partial charge < -0.3 is 24.8 Å². The predicted octanol–water partition coefficient (Wildman–Crippen LogP) is 3.14. The van der Waals surface area contributed by atoms with Crippen LogP contribution in [0.25, 0.3) is 0 Å². The Balaban J connectivity index is 1.36. The van der Waals surface area contributed by atoms with Crippen molar-refractivity contribution in [1.29, 1.82) is 0 Å². The molecule has 1 saturated heterocycles. The molecule has 1 aromatic heterocycles. The fourth-order valence-electron chi connectivity index (χ4n) is 3.14. The third-order valence-corrected chi connectivity index (χ3v) is 5.50. The summed E-state index contributed by atoms with van der Waals surface area (Å²) in [7, 11) is 1.60. The lowest BCUT2D eigenvalue weighted by molar-refractivity contribution is -0.121. The number of carbonyl (C=O) groups is 2. The zero-order valence-electron chi connectivity index (χ0n) is 17.1. The Morgan fingerprint density at radius 2 is 2.13 bits per heavy atom. The Kier molecular flexibility index (Phi) is 8.53. The number of ether oxygens (including phenoxy) is 3. The first-order valence-corrected chi connectivity index (χ1v) is 11.1. The predicted molar refractivity (Wildman–Crippen MR) is 115 cm³/mol. The second kappa shape index (κ2) is 11.6. The molecule has 1 aliphatic heterocycles. The summed E-state index contributed by atoms with van der Waals surface area (Å²) in [6, 6.07) is 7.41. The van der Waals surface area contributed by atoms with Crippen molar-refractivity contribution in [2.45, 2.75) is 38.3 Å². The SMILES string of the molecule is COc1cc(CNC(=O)CCCNC(=O)c2ccsc2)ccc1OCC1CCCO1. The number of benzene rings is 1. The van der Waals surface area contributed by atoms with Gasteiger partial charge >= 0.3 is 0 Å². The number of hydrogen-bond acceptors (Lipinski definition) is 6. The van der Waals surface area contributed by atoms with Gasteiger partial charge in [0.1, 0.15) is 6.61 Å². The van der Waals surface area contributed by atoms with Crippen LogP contribution in [0.4, 0.5) is 0 Å². The van der Waals surface area contributed by atoms with Crippen LogP contribution in [0.15, 0.2) is 35.0 Å². The molecule has 0 aliphatic carbocycles. The van der Waals surface area contributed by atoms with E-state index < -0.39 is 0 Å². The number of hydrogen-bond donors (Lipinski definition) is 2. The van der Waals surface area contributed by atoms with Crippen molar-refractivity contribution in [3.05, 3.63) is 46.2 Å². The van der Waals surface area contributed by atoms with E-state index >= 15 is 0 Å². The van der Waals surface area contributed by atoms with Crippen molar-refractivity contribution in [1.82, 2.24) is 10.6 Å². The molecule has 3 rings (SSSR count). The van der Waals surface area contributed by atoms with Crippen LogP contribution in [0.3, 0.4) is 0 Å². The van der Waals surface area contributed by atoms with E-state index in [-0.39, 0.29) is 17.9 Å². The van der Waals surface area contributed by atoms with Gasteiger partial charge in [0.25, 0.3) is 5.91 Å². The molecular weight excluding hydrogens is 404 g/mol. The van der Waals surface area contributed by atoms with Crippen LogP contribution in [0.2, 0.25) is 0 Å². The quantitative estimate of drug-likeness (QED) is 0.533. The topological polar surface area (TPSA) is 85.9 Å². The average Bonchev–Trinajstić information content (AvgIpc) is 3.48. The van der Waals surface area contributed by atoms with Gasteiger partial charge in [-0.2, -0.15) is 11.3 Å². The van der Waals surface area contributed by atoms with Crippen molar-refractivity contribution in [2.75, 3.05) is 26.9 Å². The van der Waals surface area contributed by atoms with Crippen LogP contribution in [0.1, 0.15) is 41.6 Å². The summed E-state index contributed by atoms with van der Waals surface area (Å²) < 4.78 is 16.8. The number of thiophene rings is 1. The zero-order valence-corrected chi connectivity index (χ0v) is 18.0. The number of rotatable bonds is 11. The van der Waals surface area contributed by atoms with Crippen molar-refractivity contribution >= 4 is 23.2 Å². The van der Waals surface area contributed by atoms with Gasteiger partial charge in [0, 0.05) is 37.1 Å². The molecule has 1 fully saturated rings.